The van der Waals surface area contributed by atoms with Crippen LogP contribution >= 0.6 is 0 Å². The minimum Gasteiger partial charge on any atom is -0.497 e. The molecule has 8 nitrogen and oxygen atoms in total. The zero-order valence-corrected chi connectivity index (χ0v) is 18.9. The van der Waals surface area contributed by atoms with Crippen LogP contribution in [0.25, 0.3) is 0 Å². The molecule has 2 aromatic carbocycles. The Morgan fingerprint density at radius 1 is 0.969 bits per heavy atom. The van der Waals surface area contributed by atoms with E-state index in [0.29, 0.717) is 28.4 Å². The molecule has 0 unspecified atom stereocenters. The van der Waals surface area contributed by atoms with Crippen molar-refractivity contribution in [3.05, 3.63) is 77.7 Å². The van der Waals surface area contributed by atoms with Crippen molar-refractivity contribution in [1.29, 1.82) is 0 Å². The van der Waals surface area contributed by atoms with Crippen LogP contribution in [-0.4, -0.2) is 39.2 Å². The van der Waals surface area contributed by atoms with E-state index in [1.54, 1.807) is 59.5 Å². The number of ether oxygens (including phenoxy) is 2. The highest BCUT2D eigenvalue weighted by Gasteiger charge is 2.22. The topological polar surface area (TPSA) is 95.3 Å². The maximum atomic E-state index is 13.5. The highest BCUT2D eigenvalue weighted by atomic mass is 32.2. The summed E-state index contributed by atoms with van der Waals surface area (Å²) in [5.74, 6) is 1.32. The molecule has 0 N–H and O–H groups in total. The summed E-state index contributed by atoms with van der Waals surface area (Å²) in [5.41, 5.74) is 1.06. The number of amides is 1. The molecule has 0 saturated heterocycles. The van der Waals surface area contributed by atoms with Crippen LogP contribution in [0.15, 0.2) is 65.3 Å². The van der Waals surface area contributed by atoms with Gasteiger partial charge in [-0.15, -0.1) is 0 Å². The fraction of sp³-hybridized carbons (Fsp3) is 0.261. The molecule has 1 heterocycles. The lowest BCUT2D eigenvalue weighted by Crippen LogP contribution is -2.30. The monoisotopic (exact) mass is 459 g/mol. The molecule has 1 amide bonds. The van der Waals surface area contributed by atoms with Gasteiger partial charge >= 0.3 is 10.1 Å². The Morgan fingerprint density at radius 3 is 2.44 bits per heavy atom. The van der Waals surface area contributed by atoms with E-state index in [-0.39, 0.29) is 30.5 Å². The molecule has 0 aliphatic carbocycles. The maximum absolute atomic E-state index is 13.5. The Bertz CT molecular complexity index is 1160. The summed E-state index contributed by atoms with van der Waals surface area (Å²) in [6, 6.07) is 15.1. The van der Waals surface area contributed by atoms with E-state index in [1.807, 2.05) is 0 Å². The van der Waals surface area contributed by atoms with Crippen molar-refractivity contribution in [2.24, 2.45) is 0 Å². The molecule has 3 aromatic rings. The Kier molecular flexibility index (Phi) is 7.42. The smallest absolute Gasteiger partial charge is 0.308 e. The maximum Gasteiger partial charge on any atom is 0.308 e. The highest BCUT2D eigenvalue weighted by molar-refractivity contribution is 7.87. The molecule has 9 heteroatoms. The minimum atomic E-state index is -3.66. The number of benzene rings is 2. The molecule has 0 spiro atoms. The predicted molar refractivity (Wildman–Crippen MR) is 118 cm³/mol. The Balaban J connectivity index is 1.91. The molecular weight excluding hydrogens is 434 g/mol. The van der Waals surface area contributed by atoms with Crippen LogP contribution in [0.4, 0.5) is 0 Å². The summed E-state index contributed by atoms with van der Waals surface area (Å²) < 4.78 is 44.8. The van der Waals surface area contributed by atoms with Gasteiger partial charge in [-0.25, -0.2) is 0 Å². The van der Waals surface area contributed by atoms with Gasteiger partial charge in [0.15, 0.2) is 0 Å². The Morgan fingerprint density at radius 2 is 1.78 bits per heavy atom. The first-order valence-electron chi connectivity index (χ1n) is 9.90. The third-order valence-corrected chi connectivity index (χ3v) is 5.86. The molecule has 170 valence electrons. The minimum absolute atomic E-state index is 0.141. The van der Waals surface area contributed by atoms with Crippen molar-refractivity contribution in [2.75, 3.05) is 20.0 Å². The van der Waals surface area contributed by atoms with Crippen molar-refractivity contribution in [1.82, 2.24) is 4.90 Å². The predicted octanol–water partition coefficient (Wildman–Crippen LogP) is 3.87. The van der Waals surface area contributed by atoms with Crippen LogP contribution in [0.2, 0.25) is 0 Å². The van der Waals surface area contributed by atoms with Gasteiger partial charge in [-0.2, -0.15) is 8.42 Å². The fourth-order valence-electron chi connectivity index (χ4n) is 3.06. The van der Waals surface area contributed by atoms with Gasteiger partial charge in [0.25, 0.3) is 5.91 Å². The lowest BCUT2D eigenvalue weighted by atomic mass is 10.1. The number of furan rings is 1. The van der Waals surface area contributed by atoms with Gasteiger partial charge in [0.1, 0.15) is 23.0 Å². The van der Waals surface area contributed by atoms with Gasteiger partial charge in [0.2, 0.25) is 0 Å². The van der Waals surface area contributed by atoms with Crippen LogP contribution in [0.1, 0.15) is 28.6 Å². The number of nitrogens with zero attached hydrogens (tertiary/aromatic N) is 1. The second kappa shape index (κ2) is 10.2. The van der Waals surface area contributed by atoms with E-state index in [1.165, 1.54) is 27.4 Å². The van der Waals surface area contributed by atoms with E-state index >= 15 is 0 Å². The van der Waals surface area contributed by atoms with Crippen molar-refractivity contribution in [3.8, 4) is 17.2 Å². The summed E-state index contributed by atoms with van der Waals surface area (Å²) >= 11 is 0. The van der Waals surface area contributed by atoms with E-state index in [9.17, 15) is 13.2 Å². The van der Waals surface area contributed by atoms with Gasteiger partial charge in [-0.3, -0.25) is 4.79 Å². The van der Waals surface area contributed by atoms with Gasteiger partial charge < -0.3 is 23.0 Å². The average molecular weight is 460 g/mol. The van der Waals surface area contributed by atoms with Gasteiger partial charge in [0.05, 0.1) is 38.3 Å². The summed E-state index contributed by atoms with van der Waals surface area (Å²) in [6.07, 6.45) is 1.54. The van der Waals surface area contributed by atoms with E-state index < -0.39 is 10.1 Å². The lowest BCUT2D eigenvalue weighted by molar-refractivity contribution is 0.0714. The molecule has 3 rings (SSSR count). The van der Waals surface area contributed by atoms with Gasteiger partial charge in [0, 0.05) is 12.6 Å². The molecule has 0 aliphatic heterocycles. The molecule has 0 fully saturated rings. The van der Waals surface area contributed by atoms with Gasteiger partial charge in [-0.05, 0) is 48.9 Å². The molecular formula is C23H25NO7S. The molecule has 0 atom stereocenters. The Labute approximate surface area is 187 Å². The van der Waals surface area contributed by atoms with Crippen LogP contribution in [0.3, 0.4) is 0 Å². The Hall–Kier alpha value is -3.46. The van der Waals surface area contributed by atoms with Crippen LogP contribution in [-0.2, 0) is 23.2 Å². The number of carbonyl (C=O) groups excluding carboxylic acids is 1. The number of carbonyl (C=O) groups is 1. The van der Waals surface area contributed by atoms with Crippen molar-refractivity contribution < 1.29 is 31.3 Å². The number of hydrogen-bond donors (Lipinski definition) is 0. The number of rotatable bonds is 10. The van der Waals surface area contributed by atoms with Crippen LogP contribution < -0.4 is 13.7 Å². The van der Waals surface area contributed by atoms with Crippen molar-refractivity contribution in [3.63, 3.8) is 0 Å². The SMILES string of the molecule is CCS(=O)(=O)Oc1cccc(CN(Cc2ccco2)C(=O)c2ccc(OC)cc2OC)c1. The molecule has 0 radical (unpaired) electrons. The third kappa shape index (κ3) is 5.82. The van der Waals surface area contributed by atoms with Crippen molar-refractivity contribution in [2.45, 2.75) is 20.0 Å². The van der Waals surface area contributed by atoms with E-state index in [2.05, 4.69) is 0 Å². The van der Waals surface area contributed by atoms with Gasteiger partial charge in [-0.1, -0.05) is 12.1 Å². The van der Waals surface area contributed by atoms with Crippen LogP contribution in [0.5, 0.6) is 17.2 Å². The normalized spacial score (nSPS) is 11.1. The largest absolute Gasteiger partial charge is 0.497 e. The molecule has 0 bridgehead atoms. The summed E-state index contributed by atoms with van der Waals surface area (Å²) in [7, 11) is -0.639. The second-order valence-electron chi connectivity index (χ2n) is 6.88. The highest BCUT2D eigenvalue weighted by Crippen LogP contribution is 2.27. The molecule has 0 aliphatic rings. The zero-order valence-electron chi connectivity index (χ0n) is 18.1. The first-order chi connectivity index (χ1) is 15.3. The number of hydrogen-bond acceptors (Lipinski definition) is 7. The quantitative estimate of drug-likeness (QED) is 0.425. The summed E-state index contributed by atoms with van der Waals surface area (Å²) in [4.78, 5) is 15.0. The van der Waals surface area contributed by atoms with Crippen molar-refractivity contribution >= 4 is 16.0 Å². The lowest BCUT2D eigenvalue weighted by Gasteiger charge is -2.23. The van der Waals surface area contributed by atoms with E-state index in [4.69, 9.17) is 18.1 Å². The average Bonchev–Trinajstić information content (AvgIpc) is 3.31. The second-order valence-corrected chi connectivity index (χ2v) is 8.74. The fourth-order valence-corrected chi connectivity index (χ4v) is 3.57. The van der Waals surface area contributed by atoms with Crippen LogP contribution in [0, 0.1) is 0 Å². The molecule has 1 aromatic heterocycles. The summed E-state index contributed by atoms with van der Waals surface area (Å²) in [6.45, 7) is 1.91. The van der Waals surface area contributed by atoms with E-state index in [0.717, 1.165) is 0 Å². The first-order valence-corrected chi connectivity index (χ1v) is 11.5. The first kappa shape index (κ1) is 23.2. The number of methoxy groups -OCH3 is 2. The molecule has 0 saturated carbocycles. The zero-order chi connectivity index (χ0) is 23.1. The molecule has 32 heavy (non-hydrogen) atoms. The summed E-state index contributed by atoms with van der Waals surface area (Å²) in [5, 5.41) is 0. The third-order valence-electron chi connectivity index (χ3n) is 4.70. The standard InChI is InChI=1S/C23H25NO7S/c1-4-32(26,27)31-19-8-5-7-17(13-19)15-24(16-20-9-6-12-30-20)23(25)21-11-10-18(28-2)14-22(21)29-3/h5-14H,4,15-16H2,1-3H3.